The summed E-state index contributed by atoms with van der Waals surface area (Å²) >= 11 is 0. The van der Waals surface area contributed by atoms with Crippen LogP contribution in [0, 0.1) is 5.82 Å². The lowest BCUT2D eigenvalue weighted by atomic mass is 10.2. The van der Waals surface area contributed by atoms with Crippen LogP contribution in [0.15, 0.2) is 47.3 Å². The van der Waals surface area contributed by atoms with E-state index >= 15 is 0 Å². The number of hydrogen-bond acceptors (Lipinski definition) is 5. The van der Waals surface area contributed by atoms with Gasteiger partial charge in [-0.3, -0.25) is 9.59 Å². The highest BCUT2D eigenvalue weighted by atomic mass is 19.1. The Morgan fingerprint density at radius 2 is 2.03 bits per heavy atom. The van der Waals surface area contributed by atoms with Crippen molar-refractivity contribution in [2.75, 3.05) is 11.4 Å². The van der Waals surface area contributed by atoms with Gasteiger partial charge in [-0.15, -0.1) is 5.10 Å². The fraction of sp³-hybridized carbons (Fsp3) is 0.333. The summed E-state index contributed by atoms with van der Waals surface area (Å²) in [5.74, 6) is -0.512. The first-order valence-corrected chi connectivity index (χ1v) is 9.75. The van der Waals surface area contributed by atoms with Gasteiger partial charge in [-0.1, -0.05) is 37.3 Å². The molecule has 1 atom stereocenters. The average molecular weight is 395 g/mol. The van der Waals surface area contributed by atoms with Crippen molar-refractivity contribution in [2.45, 2.75) is 38.8 Å². The van der Waals surface area contributed by atoms with Crippen LogP contribution >= 0.6 is 0 Å². The van der Waals surface area contributed by atoms with Crippen molar-refractivity contribution in [1.82, 2.24) is 19.9 Å². The Bertz CT molecular complexity index is 1100. The van der Waals surface area contributed by atoms with E-state index in [0.29, 0.717) is 37.4 Å². The molecule has 0 saturated carbocycles. The molecule has 1 N–H and O–H groups in total. The second-order valence-corrected chi connectivity index (χ2v) is 7.05. The Kier molecular flexibility index (Phi) is 5.24. The van der Waals surface area contributed by atoms with Crippen molar-refractivity contribution in [2.24, 2.45) is 0 Å². The molecule has 1 aliphatic heterocycles. The second-order valence-electron chi connectivity index (χ2n) is 7.05. The molecule has 1 aromatic carbocycles. The number of fused-ring (bicyclic) bond motifs is 1. The van der Waals surface area contributed by atoms with E-state index in [1.807, 2.05) is 35.2 Å². The maximum Gasteiger partial charge on any atom is 0.310 e. The Morgan fingerprint density at radius 3 is 2.79 bits per heavy atom. The highest BCUT2D eigenvalue weighted by molar-refractivity contribution is 5.85. The number of aromatic nitrogens is 3. The van der Waals surface area contributed by atoms with Gasteiger partial charge in [0.25, 0.3) is 0 Å². The zero-order valence-corrected chi connectivity index (χ0v) is 16.1. The monoisotopic (exact) mass is 395 g/mol. The molecule has 0 spiro atoms. The number of amides is 1. The Balaban J connectivity index is 1.58. The minimum Gasteiger partial charge on any atom is -0.350 e. The predicted molar refractivity (Wildman–Crippen MR) is 107 cm³/mol. The summed E-state index contributed by atoms with van der Waals surface area (Å²) in [6.45, 7) is 2.83. The zero-order chi connectivity index (χ0) is 20.4. The number of benzene rings is 1. The van der Waals surface area contributed by atoms with Gasteiger partial charge in [0.15, 0.2) is 5.65 Å². The molecule has 7 nitrogen and oxygen atoms in total. The van der Waals surface area contributed by atoms with Crippen LogP contribution in [0.2, 0.25) is 0 Å². The molecular weight excluding hydrogens is 373 g/mol. The quantitative estimate of drug-likeness (QED) is 0.716. The van der Waals surface area contributed by atoms with Crippen LogP contribution < -0.4 is 15.8 Å². The van der Waals surface area contributed by atoms with Crippen LogP contribution in [0.3, 0.4) is 0 Å². The Hall–Kier alpha value is -3.29. The van der Waals surface area contributed by atoms with Gasteiger partial charge in [-0.05, 0) is 37.0 Å². The molecule has 1 fully saturated rings. The largest absolute Gasteiger partial charge is 0.350 e. The molecule has 3 aromatic rings. The third-order valence-corrected chi connectivity index (χ3v) is 5.18. The lowest BCUT2D eigenvalue weighted by Gasteiger charge is -2.25. The number of anilines is 1. The number of nitrogens with one attached hydrogen (secondary N) is 1. The molecule has 1 aliphatic rings. The molecule has 0 aliphatic carbocycles. The first kappa shape index (κ1) is 19.0. The maximum atomic E-state index is 14.2. The van der Waals surface area contributed by atoms with Crippen LogP contribution in [0.4, 0.5) is 10.2 Å². The van der Waals surface area contributed by atoms with Crippen molar-refractivity contribution in [3.8, 4) is 0 Å². The van der Waals surface area contributed by atoms with Crippen molar-refractivity contribution >= 4 is 17.4 Å². The van der Waals surface area contributed by atoms with E-state index in [4.69, 9.17) is 0 Å². The van der Waals surface area contributed by atoms with Crippen molar-refractivity contribution < 1.29 is 9.18 Å². The van der Waals surface area contributed by atoms with Crippen molar-refractivity contribution in [1.29, 1.82) is 0 Å². The van der Waals surface area contributed by atoms with Crippen molar-refractivity contribution in [3.63, 3.8) is 0 Å². The Labute approximate surface area is 167 Å². The van der Waals surface area contributed by atoms with Gasteiger partial charge < -0.3 is 10.2 Å². The standard InChI is InChI=1S/C21H22FN5O2/c1-2-15-19(22)21(29)27-17(24-15)10-11-18(25-27)26-12-6-9-16(26)20(28)23-13-14-7-4-3-5-8-14/h3-5,7-8,10-11,16H,2,6,9,12-13H2,1H3,(H,23,28)/t16-/m1/s1. The highest BCUT2D eigenvalue weighted by Gasteiger charge is 2.32. The number of carbonyl (C=O) groups is 1. The van der Waals surface area contributed by atoms with Gasteiger partial charge in [0.05, 0.1) is 5.69 Å². The summed E-state index contributed by atoms with van der Waals surface area (Å²) in [6.07, 6.45) is 1.85. The summed E-state index contributed by atoms with van der Waals surface area (Å²) in [7, 11) is 0. The van der Waals surface area contributed by atoms with Crippen LogP contribution in [0.25, 0.3) is 5.65 Å². The summed E-state index contributed by atoms with van der Waals surface area (Å²) in [5.41, 5.74) is 0.622. The number of aryl methyl sites for hydroxylation is 1. The van der Waals surface area contributed by atoms with Gasteiger partial charge in [0, 0.05) is 13.1 Å². The zero-order valence-electron chi connectivity index (χ0n) is 16.1. The van der Waals surface area contributed by atoms with E-state index in [1.165, 1.54) is 0 Å². The fourth-order valence-electron chi connectivity index (χ4n) is 3.65. The van der Waals surface area contributed by atoms with Crippen molar-refractivity contribution in [3.05, 3.63) is 69.9 Å². The number of hydrogen-bond donors (Lipinski definition) is 1. The van der Waals surface area contributed by atoms with Gasteiger partial charge >= 0.3 is 5.56 Å². The van der Waals surface area contributed by atoms with E-state index in [0.717, 1.165) is 16.5 Å². The lowest BCUT2D eigenvalue weighted by Crippen LogP contribution is -2.43. The topological polar surface area (TPSA) is 79.6 Å². The average Bonchev–Trinajstić information content (AvgIpc) is 3.25. The third-order valence-electron chi connectivity index (χ3n) is 5.18. The smallest absolute Gasteiger partial charge is 0.310 e. The molecule has 8 heteroatoms. The molecule has 3 heterocycles. The fourth-order valence-corrected chi connectivity index (χ4v) is 3.65. The normalized spacial score (nSPS) is 16.3. The third kappa shape index (κ3) is 3.70. The molecule has 150 valence electrons. The summed E-state index contributed by atoms with van der Waals surface area (Å²) in [5, 5.41) is 7.26. The molecule has 2 aromatic heterocycles. The first-order valence-electron chi connectivity index (χ1n) is 9.75. The van der Waals surface area contributed by atoms with Crippen LogP contribution in [0.5, 0.6) is 0 Å². The summed E-state index contributed by atoms with van der Waals surface area (Å²) in [4.78, 5) is 31.1. The van der Waals surface area contributed by atoms with E-state index in [2.05, 4.69) is 15.4 Å². The molecule has 0 unspecified atom stereocenters. The highest BCUT2D eigenvalue weighted by Crippen LogP contribution is 2.24. The minimum absolute atomic E-state index is 0.0915. The molecule has 4 rings (SSSR count). The van der Waals surface area contributed by atoms with Gasteiger partial charge in [-0.25, -0.2) is 4.98 Å². The van der Waals surface area contributed by atoms with Gasteiger partial charge in [-0.2, -0.15) is 8.91 Å². The molecule has 29 heavy (non-hydrogen) atoms. The molecular formula is C21H22FN5O2. The van der Waals surface area contributed by atoms with E-state index in [-0.39, 0.29) is 17.6 Å². The summed E-state index contributed by atoms with van der Waals surface area (Å²) < 4.78 is 15.2. The Morgan fingerprint density at radius 1 is 1.24 bits per heavy atom. The lowest BCUT2D eigenvalue weighted by molar-refractivity contribution is -0.122. The van der Waals surface area contributed by atoms with Gasteiger partial charge in [0.1, 0.15) is 11.9 Å². The number of carbonyl (C=O) groups excluding carboxylic acids is 1. The first-order chi connectivity index (χ1) is 14.1. The van der Waals surface area contributed by atoms with Crippen LogP contribution in [-0.4, -0.2) is 33.1 Å². The number of rotatable bonds is 5. The SMILES string of the molecule is CCc1nc2ccc(N3CCC[C@@H]3C(=O)NCc3ccccc3)nn2c(=O)c1F. The van der Waals surface area contributed by atoms with Gasteiger partial charge in [0.2, 0.25) is 11.7 Å². The number of nitrogens with zero attached hydrogens (tertiary/aromatic N) is 4. The van der Waals surface area contributed by atoms with E-state index < -0.39 is 11.4 Å². The van der Waals surface area contributed by atoms with Crippen LogP contribution in [0.1, 0.15) is 31.0 Å². The molecule has 0 radical (unpaired) electrons. The minimum atomic E-state index is -0.881. The molecule has 0 bridgehead atoms. The van der Waals surface area contributed by atoms with E-state index in [9.17, 15) is 14.0 Å². The maximum absolute atomic E-state index is 14.2. The van der Waals surface area contributed by atoms with E-state index in [1.54, 1.807) is 19.1 Å². The predicted octanol–water partition coefficient (Wildman–Crippen LogP) is 2.08. The molecule has 1 amide bonds. The second kappa shape index (κ2) is 7.98. The van der Waals surface area contributed by atoms with Crippen LogP contribution in [-0.2, 0) is 17.8 Å². The summed E-state index contributed by atoms with van der Waals surface area (Å²) in [6, 6.07) is 12.7. The number of halogens is 1. The molecule has 1 saturated heterocycles.